The van der Waals surface area contributed by atoms with Crippen LogP contribution in [0.15, 0.2) is 47.6 Å². The van der Waals surface area contributed by atoms with E-state index < -0.39 is 35.1 Å². The average Bonchev–Trinajstić information content (AvgIpc) is 3.15. The quantitative estimate of drug-likeness (QED) is 0.524. The zero-order chi connectivity index (χ0) is 27.7. The third-order valence-electron chi connectivity index (χ3n) is 11.0. The lowest BCUT2D eigenvalue weighted by atomic mass is 9.59. The Morgan fingerprint density at radius 3 is 2.46 bits per heavy atom. The van der Waals surface area contributed by atoms with E-state index in [2.05, 4.69) is 20.8 Å². The summed E-state index contributed by atoms with van der Waals surface area (Å²) >= 11 is 0. The predicted octanol–water partition coefficient (Wildman–Crippen LogP) is 4.77. The minimum absolute atomic E-state index is 0.0188. The Kier molecular flexibility index (Phi) is 5.12. The van der Waals surface area contributed by atoms with E-state index in [0.29, 0.717) is 24.6 Å². The number of hydrogen-bond donors (Lipinski definition) is 1. The van der Waals surface area contributed by atoms with Crippen molar-refractivity contribution in [2.75, 3.05) is 6.61 Å². The monoisotopic (exact) mass is 533 g/mol. The fourth-order valence-corrected chi connectivity index (χ4v) is 8.94. The number of hydrogen-bond acceptors (Lipinski definition) is 6. The summed E-state index contributed by atoms with van der Waals surface area (Å²) in [7, 11) is 0. The number of carbonyl (C=O) groups excluding carboxylic acids is 2. The minimum Gasteiger partial charge on any atom is -0.438 e. The van der Waals surface area contributed by atoms with Gasteiger partial charge in [0.15, 0.2) is 23.3 Å². The van der Waals surface area contributed by atoms with E-state index in [1.165, 1.54) is 0 Å². The van der Waals surface area contributed by atoms with E-state index in [4.69, 9.17) is 14.2 Å². The van der Waals surface area contributed by atoms with Crippen LogP contribution in [0.3, 0.4) is 0 Å². The van der Waals surface area contributed by atoms with E-state index in [1.54, 1.807) is 4.90 Å². The number of Topliss-reactive ketones (excluding diaryl/α,β-unsaturated/α-hetero) is 1. The lowest BCUT2D eigenvalue weighted by molar-refractivity contribution is -0.303. The molecule has 1 aromatic carbocycles. The van der Waals surface area contributed by atoms with Gasteiger partial charge in [-0.25, -0.2) is 4.79 Å². The molecule has 2 bridgehead atoms. The first kappa shape index (κ1) is 25.5. The van der Waals surface area contributed by atoms with Crippen LogP contribution in [0.1, 0.15) is 59.1 Å². The van der Waals surface area contributed by atoms with Crippen LogP contribution in [-0.2, 0) is 32.1 Å². The zero-order valence-electron chi connectivity index (χ0n) is 23.7. The smallest absolute Gasteiger partial charge is 0.411 e. The molecule has 0 aromatic heterocycles. The van der Waals surface area contributed by atoms with Gasteiger partial charge in [-0.15, -0.1) is 0 Å². The number of benzene rings is 1. The van der Waals surface area contributed by atoms with E-state index in [9.17, 15) is 14.7 Å². The molecule has 1 amide bonds. The molecule has 4 aliphatic carbocycles. The number of allylic oxidation sites excluding steroid dienone is 1. The van der Waals surface area contributed by atoms with Gasteiger partial charge >= 0.3 is 6.09 Å². The van der Waals surface area contributed by atoms with E-state index >= 15 is 0 Å². The molecule has 7 nitrogen and oxygen atoms in total. The largest absolute Gasteiger partial charge is 0.438 e. The van der Waals surface area contributed by atoms with Gasteiger partial charge in [-0.3, -0.25) is 9.69 Å². The van der Waals surface area contributed by atoms with Crippen LogP contribution in [0, 0.1) is 34.5 Å². The molecule has 8 atom stereocenters. The van der Waals surface area contributed by atoms with Crippen LogP contribution in [-0.4, -0.2) is 52.1 Å². The third kappa shape index (κ3) is 3.21. The highest BCUT2D eigenvalue weighted by atomic mass is 16.7. The maximum atomic E-state index is 14.8. The molecule has 2 aliphatic heterocycles. The summed E-state index contributed by atoms with van der Waals surface area (Å²) in [6, 6.07) is 7.97. The molecule has 7 rings (SSSR count). The number of carbonyl (C=O) groups is 2. The first-order valence-corrected chi connectivity index (χ1v) is 14.3. The molecule has 2 unspecified atom stereocenters. The van der Waals surface area contributed by atoms with E-state index in [0.717, 1.165) is 23.1 Å². The van der Waals surface area contributed by atoms with Gasteiger partial charge in [0.25, 0.3) is 0 Å². The lowest BCUT2D eigenvalue weighted by Gasteiger charge is -2.52. The SMILES string of the molecule is CC1=CC23C(=O)[C@@H](C=C4COC(C)(C)O[C@H]4[C@]2(O)[C@H]1OC(=O)N1Cc2ccccc2C1)[C@H]1[C@@H](CC3C)C1(C)C. The molecule has 0 radical (unpaired) electrons. The Balaban J connectivity index is 1.32. The summed E-state index contributed by atoms with van der Waals surface area (Å²) in [5, 5.41) is 13.1. The molecule has 2 saturated carbocycles. The standard InChI is InChI=1S/C32H39NO6/c1-17-13-31-18(2)11-23-24(29(23,3)4)22(25(31)34)12-21-16-37-30(5,6)39-27(21)32(31,36)26(17)38-28(35)33-14-19-9-7-8-10-20(19)15-33/h7-10,12-13,18,22-24,26-27,36H,11,14-16H2,1-6H3/t18?,22-,23+,24-,26-,27+,31?,32+/m0/s1. The van der Waals surface area contributed by atoms with Crippen molar-refractivity contribution in [3.05, 3.63) is 58.7 Å². The molecule has 6 aliphatic rings. The van der Waals surface area contributed by atoms with Gasteiger partial charge in [-0.2, -0.15) is 0 Å². The topological polar surface area (TPSA) is 85.3 Å². The molecule has 1 aromatic rings. The number of fused-ring (bicyclic) bond motifs is 6. The van der Waals surface area contributed by atoms with Crippen LogP contribution >= 0.6 is 0 Å². The Morgan fingerprint density at radius 1 is 1.13 bits per heavy atom. The highest BCUT2D eigenvalue weighted by Gasteiger charge is 2.77. The molecular formula is C32H39NO6. The number of ether oxygens (including phenoxy) is 3. The highest BCUT2D eigenvalue weighted by molar-refractivity contribution is 5.95. The van der Waals surface area contributed by atoms with Crippen LogP contribution in [0.25, 0.3) is 0 Å². The number of amides is 1. The summed E-state index contributed by atoms with van der Waals surface area (Å²) in [6.07, 6.45) is 2.42. The Morgan fingerprint density at radius 2 is 1.79 bits per heavy atom. The zero-order valence-corrected chi connectivity index (χ0v) is 23.7. The summed E-state index contributed by atoms with van der Waals surface area (Å²) in [5.41, 5.74) is 0.675. The molecule has 208 valence electrons. The second kappa shape index (κ2) is 7.83. The van der Waals surface area contributed by atoms with Crippen molar-refractivity contribution in [3.8, 4) is 0 Å². The van der Waals surface area contributed by atoms with Gasteiger partial charge in [-0.1, -0.05) is 57.2 Å². The van der Waals surface area contributed by atoms with Crippen LogP contribution in [0.4, 0.5) is 4.79 Å². The highest BCUT2D eigenvalue weighted by Crippen LogP contribution is 2.72. The van der Waals surface area contributed by atoms with Crippen LogP contribution in [0.5, 0.6) is 0 Å². The number of ketones is 1. The summed E-state index contributed by atoms with van der Waals surface area (Å²) in [6.45, 7) is 13.3. The van der Waals surface area contributed by atoms with Crippen molar-refractivity contribution in [1.82, 2.24) is 4.90 Å². The number of rotatable bonds is 1. The van der Waals surface area contributed by atoms with Crippen molar-refractivity contribution < 1.29 is 28.9 Å². The second-order valence-electron chi connectivity index (χ2n) is 13.9. The molecule has 1 saturated heterocycles. The maximum Gasteiger partial charge on any atom is 0.411 e. The summed E-state index contributed by atoms with van der Waals surface area (Å²) < 4.78 is 18.8. The third-order valence-corrected chi connectivity index (χ3v) is 11.0. The van der Waals surface area contributed by atoms with Crippen LogP contribution in [0.2, 0.25) is 0 Å². The minimum atomic E-state index is -1.79. The van der Waals surface area contributed by atoms with Gasteiger partial charge < -0.3 is 19.3 Å². The lowest BCUT2D eigenvalue weighted by Crippen LogP contribution is -2.68. The van der Waals surface area contributed by atoms with E-state index in [1.807, 2.05) is 57.2 Å². The fourth-order valence-electron chi connectivity index (χ4n) is 8.94. The van der Waals surface area contributed by atoms with Crippen molar-refractivity contribution in [2.45, 2.75) is 84.6 Å². The maximum absolute atomic E-state index is 14.8. The first-order valence-electron chi connectivity index (χ1n) is 14.3. The van der Waals surface area contributed by atoms with Crippen molar-refractivity contribution in [3.63, 3.8) is 0 Å². The summed E-state index contributed by atoms with van der Waals surface area (Å²) in [5.74, 6) is -0.865. The fraction of sp³-hybridized carbons (Fsp3) is 0.625. The summed E-state index contributed by atoms with van der Waals surface area (Å²) in [4.78, 5) is 30.1. The van der Waals surface area contributed by atoms with Crippen molar-refractivity contribution in [1.29, 1.82) is 0 Å². The Labute approximate surface area is 230 Å². The molecule has 2 heterocycles. The second-order valence-corrected chi connectivity index (χ2v) is 13.9. The van der Waals surface area contributed by atoms with Gasteiger partial charge in [0.2, 0.25) is 0 Å². The molecule has 7 heteroatoms. The molecule has 39 heavy (non-hydrogen) atoms. The van der Waals surface area contributed by atoms with E-state index in [-0.39, 0.29) is 35.6 Å². The van der Waals surface area contributed by atoms with Gasteiger partial charge in [-0.05, 0) is 72.6 Å². The van der Waals surface area contributed by atoms with Crippen molar-refractivity contribution in [2.24, 2.45) is 34.5 Å². The normalized spacial score (nSPS) is 42.6. The molecule has 1 spiro atoms. The molecular weight excluding hydrogens is 494 g/mol. The van der Waals surface area contributed by atoms with Crippen LogP contribution < -0.4 is 0 Å². The molecule has 3 fully saturated rings. The van der Waals surface area contributed by atoms with Gasteiger partial charge in [0.1, 0.15) is 6.10 Å². The molecule has 1 N–H and O–H groups in total. The Hall–Kier alpha value is -2.48. The average molecular weight is 534 g/mol. The van der Waals surface area contributed by atoms with Gasteiger partial charge in [0.05, 0.1) is 12.0 Å². The first-order chi connectivity index (χ1) is 18.3. The number of aliphatic hydroxyl groups is 1. The van der Waals surface area contributed by atoms with Gasteiger partial charge in [0, 0.05) is 19.0 Å². The number of nitrogens with zero attached hydrogens (tertiary/aromatic N) is 1. The Bertz CT molecular complexity index is 1320. The van der Waals surface area contributed by atoms with Crippen molar-refractivity contribution >= 4 is 11.9 Å². The predicted molar refractivity (Wildman–Crippen MR) is 143 cm³/mol.